The molecular weight excluding hydrogens is 226 g/mol. The van der Waals surface area contributed by atoms with Gasteiger partial charge < -0.3 is 0 Å². The van der Waals surface area contributed by atoms with Gasteiger partial charge in [0.05, 0.1) is 0 Å². The summed E-state index contributed by atoms with van der Waals surface area (Å²) in [6, 6.07) is 4.14. The van der Waals surface area contributed by atoms with Gasteiger partial charge in [-0.25, -0.2) is 0 Å². The minimum Gasteiger partial charge on any atom is -0.264 e. The normalized spacial score (nSPS) is 15.3. The molecule has 0 saturated heterocycles. The summed E-state index contributed by atoms with van der Waals surface area (Å²) in [6.07, 6.45) is 6.12. The van der Waals surface area contributed by atoms with Crippen molar-refractivity contribution in [1.82, 2.24) is 4.98 Å². The molecule has 0 aliphatic rings. The van der Waals surface area contributed by atoms with Gasteiger partial charge in [0.2, 0.25) is 0 Å². The molecule has 2 atom stereocenters. The molecule has 0 aliphatic carbocycles. The average Bonchev–Trinajstić information content (AvgIpc) is 2.04. The third kappa shape index (κ3) is 4.41. The van der Waals surface area contributed by atoms with Crippen LogP contribution < -0.4 is 0 Å². The lowest BCUT2D eigenvalue weighted by Gasteiger charge is -2.12. The van der Waals surface area contributed by atoms with Crippen LogP contribution >= 0.6 is 15.9 Å². The highest BCUT2D eigenvalue weighted by atomic mass is 79.9. The predicted octanol–water partition coefficient (Wildman–Crippen LogP) is 3.43. The van der Waals surface area contributed by atoms with Crippen molar-refractivity contribution < 1.29 is 0 Å². The standard InChI is InChI=1S/C11H16BrN/c1-9(6-10(2)12)7-11-4-3-5-13-8-11/h3-5,8-10H,6-7H2,1-2H3. The third-order valence-electron chi connectivity index (χ3n) is 2.03. The highest BCUT2D eigenvalue weighted by molar-refractivity contribution is 9.09. The van der Waals surface area contributed by atoms with Crippen LogP contribution in [-0.2, 0) is 6.42 Å². The molecule has 0 fully saturated rings. The minimum atomic E-state index is 0.610. The Balaban J connectivity index is 2.41. The first-order chi connectivity index (χ1) is 6.18. The lowest BCUT2D eigenvalue weighted by Crippen LogP contribution is -2.05. The van der Waals surface area contributed by atoms with Gasteiger partial charge in [-0.05, 0) is 30.4 Å². The second kappa shape index (κ2) is 5.38. The monoisotopic (exact) mass is 241 g/mol. The number of halogens is 1. The van der Waals surface area contributed by atoms with Crippen molar-refractivity contribution >= 4 is 15.9 Å². The van der Waals surface area contributed by atoms with Gasteiger partial charge in [-0.15, -0.1) is 0 Å². The summed E-state index contributed by atoms with van der Waals surface area (Å²) in [5.74, 6) is 0.721. The Labute approximate surface area is 88.7 Å². The average molecular weight is 242 g/mol. The van der Waals surface area contributed by atoms with Crippen LogP contribution in [0.4, 0.5) is 0 Å². The molecule has 1 nitrogen and oxygen atoms in total. The maximum absolute atomic E-state index is 4.11. The Hall–Kier alpha value is -0.370. The molecule has 2 unspecified atom stereocenters. The largest absolute Gasteiger partial charge is 0.264 e. The summed E-state index contributed by atoms with van der Waals surface area (Å²) < 4.78 is 0. The molecule has 0 saturated carbocycles. The van der Waals surface area contributed by atoms with Crippen LogP contribution in [-0.4, -0.2) is 9.81 Å². The van der Waals surface area contributed by atoms with Crippen LogP contribution in [0.2, 0.25) is 0 Å². The molecule has 2 heteroatoms. The zero-order chi connectivity index (χ0) is 9.68. The van der Waals surface area contributed by atoms with Gasteiger partial charge in [0.15, 0.2) is 0 Å². The molecule has 0 amide bonds. The Morgan fingerprint density at radius 2 is 2.23 bits per heavy atom. The highest BCUT2D eigenvalue weighted by Gasteiger charge is 2.06. The molecule has 1 rings (SSSR count). The van der Waals surface area contributed by atoms with E-state index in [1.54, 1.807) is 0 Å². The van der Waals surface area contributed by atoms with E-state index in [9.17, 15) is 0 Å². The van der Waals surface area contributed by atoms with Crippen molar-refractivity contribution in [3.05, 3.63) is 30.1 Å². The Kier molecular flexibility index (Phi) is 4.43. The van der Waals surface area contributed by atoms with E-state index >= 15 is 0 Å². The smallest absolute Gasteiger partial charge is 0.0299 e. The molecule has 0 radical (unpaired) electrons. The zero-order valence-corrected chi connectivity index (χ0v) is 9.79. The van der Waals surface area contributed by atoms with Crippen molar-refractivity contribution in [1.29, 1.82) is 0 Å². The molecule has 0 aromatic carbocycles. The lowest BCUT2D eigenvalue weighted by atomic mass is 9.98. The van der Waals surface area contributed by atoms with Crippen molar-refractivity contribution in [3.63, 3.8) is 0 Å². The SMILES string of the molecule is CC(Br)CC(C)Cc1cccnc1. The van der Waals surface area contributed by atoms with Crippen LogP contribution in [0.15, 0.2) is 24.5 Å². The lowest BCUT2D eigenvalue weighted by molar-refractivity contribution is 0.532. The molecule has 0 aliphatic heterocycles. The second-order valence-electron chi connectivity index (χ2n) is 3.69. The number of aromatic nitrogens is 1. The van der Waals surface area contributed by atoms with Gasteiger partial charge in [-0.1, -0.05) is 35.8 Å². The van der Waals surface area contributed by atoms with Gasteiger partial charge in [0, 0.05) is 17.2 Å². The summed E-state index contributed by atoms with van der Waals surface area (Å²) in [6.45, 7) is 4.48. The van der Waals surface area contributed by atoms with Crippen LogP contribution in [0, 0.1) is 5.92 Å². The summed E-state index contributed by atoms with van der Waals surface area (Å²) in [5.41, 5.74) is 1.34. The number of nitrogens with zero attached hydrogens (tertiary/aromatic N) is 1. The van der Waals surface area contributed by atoms with Crippen LogP contribution in [0.3, 0.4) is 0 Å². The quantitative estimate of drug-likeness (QED) is 0.737. The Morgan fingerprint density at radius 1 is 1.46 bits per heavy atom. The van der Waals surface area contributed by atoms with E-state index in [1.165, 1.54) is 12.0 Å². The molecular formula is C11H16BrN. The number of pyridine rings is 1. The highest BCUT2D eigenvalue weighted by Crippen LogP contribution is 2.16. The van der Waals surface area contributed by atoms with Crippen molar-refractivity contribution in [2.75, 3.05) is 0 Å². The fraction of sp³-hybridized carbons (Fsp3) is 0.545. The molecule has 72 valence electrons. The maximum Gasteiger partial charge on any atom is 0.0299 e. The summed E-state index contributed by atoms with van der Waals surface area (Å²) in [4.78, 5) is 4.72. The van der Waals surface area contributed by atoms with Gasteiger partial charge in [0.25, 0.3) is 0 Å². The fourth-order valence-electron chi connectivity index (χ4n) is 1.56. The van der Waals surface area contributed by atoms with Gasteiger partial charge >= 0.3 is 0 Å². The van der Waals surface area contributed by atoms with Gasteiger partial charge in [-0.3, -0.25) is 4.98 Å². The fourth-order valence-corrected chi connectivity index (χ4v) is 2.20. The second-order valence-corrected chi connectivity index (χ2v) is 5.25. The van der Waals surface area contributed by atoms with Crippen LogP contribution in [0.5, 0.6) is 0 Å². The first-order valence-electron chi connectivity index (χ1n) is 4.71. The van der Waals surface area contributed by atoms with E-state index in [0.29, 0.717) is 4.83 Å². The van der Waals surface area contributed by atoms with Crippen molar-refractivity contribution in [2.45, 2.75) is 31.5 Å². The van der Waals surface area contributed by atoms with Gasteiger partial charge in [0.1, 0.15) is 0 Å². The first kappa shape index (κ1) is 10.7. The summed E-state index contributed by atoms with van der Waals surface area (Å²) in [7, 11) is 0. The molecule has 0 spiro atoms. The molecule has 1 aromatic rings. The molecule has 1 aromatic heterocycles. The topological polar surface area (TPSA) is 12.9 Å². The van der Waals surface area contributed by atoms with Crippen LogP contribution in [0.25, 0.3) is 0 Å². The molecule has 0 N–H and O–H groups in total. The number of alkyl halides is 1. The molecule has 13 heavy (non-hydrogen) atoms. The summed E-state index contributed by atoms with van der Waals surface area (Å²) >= 11 is 3.57. The van der Waals surface area contributed by atoms with E-state index < -0.39 is 0 Å². The third-order valence-corrected chi connectivity index (χ3v) is 2.41. The number of hydrogen-bond acceptors (Lipinski definition) is 1. The zero-order valence-electron chi connectivity index (χ0n) is 8.20. The summed E-state index contributed by atoms with van der Waals surface area (Å²) in [5, 5.41) is 0. The van der Waals surface area contributed by atoms with E-state index in [4.69, 9.17) is 0 Å². The molecule has 1 heterocycles. The Bertz CT molecular complexity index is 233. The minimum absolute atomic E-state index is 0.610. The van der Waals surface area contributed by atoms with Gasteiger partial charge in [-0.2, -0.15) is 0 Å². The molecule has 0 bridgehead atoms. The van der Waals surface area contributed by atoms with E-state index in [-0.39, 0.29) is 0 Å². The number of hydrogen-bond donors (Lipinski definition) is 0. The van der Waals surface area contributed by atoms with E-state index in [0.717, 1.165) is 12.3 Å². The first-order valence-corrected chi connectivity index (χ1v) is 5.63. The van der Waals surface area contributed by atoms with E-state index in [1.807, 2.05) is 18.5 Å². The van der Waals surface area contributed by atoms with Crippen molar-refractivity contribution in [2.24, 2.45) is 5.92 Å². The van der Waals surface area contributed by atoms with Crippen LogP contribution in [0.1, 0.15) is 25.8 Å². The Morgan fingerprint density at radius 3 is 2.77 bits per heavy atom. The van der Waals surface area contributed by atoms with Crippen molar-refractivity contribution in [3.8, 4) is 0 Å². The number of rotatable bonds is 4. The van der Waals surface area contributed by atoms with E-state index in [2.05, 4.69) is 40.8 Å². The predicted molar refractivity (Wildman–Crippen MR) is 60.1 cm³/mol. The maximum atomic E-state index is 4.11.